The van der Waals surface area contributed by atoms with Crippen LogP contribution in [0.5, 0.6) is 5.75 Å². The lowest BCUT2D eigenvalue weighted by Crippen LogP contribution is -3.06. The Morgan fingerprint density at radius 1 is 1.32 bits per heavy atom. The molecular weight excluding hydrogens is 308 g/mol. The van der Waals surface area contributed by atoms with Crippen LogP contribution in [0, 0.1) is 13.8 Å². The van der Waals surface area contributed by atoms with E-state index in [9.17, 15) is 4.79 Å². The molecule has 2 N–H and O–H groups in total. The molecular formula is C14H22BrN2O2+. The van der Waals surface area contributed by atoms with E-state index in [0.717, 1.165) is 27.9 Å². The predicted octanol–water partition coefficient (Wildman–Crippen LogP) is 0.705. The zero-order valence-corrected chi connectivity index (χ0v) is 13.6. The number of quaternary nitrogens is 1. The van der Waals surface area contributed by atoms with Gasteiger partial charge in [0.05, 0.1) is 27.2 Å². The summed E-state index contributed by atoms with van der Waals surface area (Å²) in [5, 5.41) is 2.83. The highest BCUT2D eigenvalue weighted by Gasteiger charge is 2.06. The van der Waals surface area contributed by atoms with E-state index < -0.39 is 0 Å². The highest BCUT2D eigenvalue weighted by molar-refractivity contribution is 9.10. The molecule has 0 saturated carbocycles. The fraction of sp³-hybridized carbons (Fsp3) is 0.500. The molecule has 19 heavy (non-hydrogen) atoms. The second-order valence-corrected chi connectivity index (χ2v) is 5.76. The van der Waals surface area contributed by atoms with Gasteiger partial charge in [-0.1, -0.05) is 15.9 Å². The van der Waals surface area contributed by atoms with Gasteiger partial charge in [-0.05, 0) is 37.1 Å². The zero-order chi connectivity index (χ0) is 14.4. The highest BCUT2D eigenvalue weighted by Crippen LogP contribution is 2.26. The average molecular weight is 330 g/mol. The van der Waals surface area contributed by atoms with E-state index in [2.05, 4.69) is 35.3 Å². The minimum Gasteiger partial charge on any atom is -0.484 e. The molecule has 0 heterocycles. The number of rotatable bonds is 6. The molecule has 0 aliphatic heterocycles. The summed E-state index contributed by atoms with van der Waals surface area (Å²) < 4.78 is 6.58. The van der Waals surface area contributed by atoms with Crippen molar-refractivity contribution in [3.05, 3.63) is 27.7 Å². The molecule has 1 aromatic carbocycles. The molecule has 1 amide bonds. The molecule has 0 aliphatic rings. The Balaban J connectivity index is 2.42. The normalized spacial score (nSPS) is 10.6. The van der Waals surface area contributed by atoms with E-state index in [1.54, 1.807) is 0 Å². The number of aryl methyl sites for hydroxylation is 2. The van der Waals surface area contributed by atoms with Crippen molar-refractivity contribution in [2.24, 2.45) is 0 Å². The maximum Gasteiger partial charge on any atom is 0.258 e. The van der Waals surface area contributed by atoms with Gasteiger partial charge < -0.3 is 15.0 Å². The Kier molecular flexibility index (Phi) is 6.31. The molecule has 0 fully saturated rings. The van der Waals surface area contributed by atoms with Crippen LogP contribution in [0.25, 0.3) is 0 Å². The number of benzene rings is 1. The first kappa shape index (κ1) is 16.0. The Labute approximate surface area is 123 Å². The number of nitrogens with one attached hydrogen (secondary N) is 2. The van der Waals surface area contributed by atoms with Crippen LogP contribution >= 0.6 is 15.9 Å². The fourth-order valence-electron chi connectivity index (χ4n) is 1.64. The summed E-state index contributed by atoms with van der Waals surface area (Å²) in [5.74, 6) is 0.644. The number of amides is 1. The second-order valence-electron chi connectivity index (χ2n) is 4.97. The van der Waals surface area contributed by atoms with Gasteiger partial charge in [-0.3, -0.25) is 4.79 Å². The summed E-state index contributed by atoms with van der Waals surface area (Å²) in [6.07, 6.45) is 0. The van der Waals surface area contributed by atoms with Crippen molar-refractivity contribution in [3.63, 3.8) is 0 Å². The predicted molar refractivity (Wildman–Crippen MR) is 79.8 cm³/mol. The topological polar surface area (TPSA) is 42.8 Å². The van der Waals surface area contributed by atoms with Gasteiger partial charge in [0.1, 0.15) is 5.75 Å². The van der Waals surface area contributed by atoms with E-state index in [0.29, 0.717) is 6.54 Å². The lowest BCUT2D eigenvalue weighted by molar-refractivity contribution is -0.856. The van der Waals surface area contributed by atoms with E-state index in [1.807, 2.05) is 26.0 Å². The first-order chi connectivity index (χ1) is 8.90. The van der Waals surface area contributed by atoms with Crippen LogP contribution in [-0.4, -0.2) is 39.7 Å². The lowest BCUT2D eigenvalue weighted by Gasteiger charge is -2.11. The number of carbonyl (C=O) groups excluding carboxylic acids is 1. The highest BCUT2D eigenvalue weighted by atomic mass is 79.9. The summed E-state index contributed by atoms with van der Waals surface area (Å²) in [6, 6.07) is 3.85. The third-order valence-electron chi connectivity index (χ3n) is 2.73. The van der Waals surface area contributed by atoms with Crippen LogP contribution in [0.3, 0.4) is 0 Å². The standard InChI is InChI=1S/C14H21BrN2O2/c1-10-7-12(8-11(2)14(10)15)19-9-13(18)16-5-6-17(3)4/h7-8H,5-6,9H2,1-4H3,(H,16,18)/p+1. The molecule has 5 heteroatoms. The molecule has 0 saturated heterocycles. The van der Waals surface area contributed by atoms with E-state index in [1.165, 1.54) is 4.90 Å². The molecule has 0 atom stereocenters. The molecule has 0 aromatic heterocycles. The number of halogens is 1. The molecule has 1 aromatic rings. The van der Waals surface area contributed by atoms with Crippen molar-refractivity contribution in [1.29, 1.82) is 0 Å². The first-order valence-electron chi connectivity index (χ1n) is 6.35. The monoisotopic (exact) mass is 329 g/mol. The molecule has 0 radical (unpaired) electrons. The van der Waals surface area contributed by atoms with E-state index in [4.69, 9.17) is 4.74 Å². The third kappa shape index (κ3) is 5.61. The van der Waals surface area contributed by atoms with Crippen LogP contribution in [0.15, 0.2) is 16.6 Å². The number of ether oxygens (including phenoxy) is 1. The molecule has 0 spiro atoms. The van der Waals surface area contributed by atoms with Gasteiger partial charge in [-0.25, -0.2) is 0 Å². The molecule has 0 bridgehead atoms. The van der Waals surface area contributed by atoms with Gasteiger partial charge in [-0.15, -0.1) is 0 Å². The van der Waals surface area contributed by atoms with Gasteiger partial charge in [0.15, 0.2) is 6.61 Å². The summed E-state index contributed by atoms with van der Waals surface area (Å²) in [4.78, 5) is 12.9. The Morgan fingerprint density at radius 2 is 1.89 bits per heavy atom. The van der Waals surface area contributed by atoms with Crippen LogP contribution in [0.2, 0.25) is 0 Å². The van der Waals surface area contributed by atoms with Crippen molar-refractivity contribution in [1.82, 2.24) is 5.32 Å². The van der Waals surface area contributed by atoms with Gasteiger partial charge >= 0.3 is 0 Å². The zero-order valence-electron chi connectivity index (χ0n) is 12.0. The number of hydrogen-bond acceptors (Lipinski definition) is 2. The first-order valence-corrected chi connectivity index (χ1v) is 7.14. The average Bonchev–Trinajstić information content (AvgIpc) is 2.32. The minimum absolute atomic E-state index is 0.0588. The van der Waals surface area contributed by atoms with Gasteiger partial charge in [-0.2, -0.15) is 0 Å². The molecule has 0 unspecified atom stereocenters. The third-order valence-corrected chi connectivity index (χ3v) is 3.98. The summed E-state index contributed by atoms with van der Waals surface area (Å²) in [7, 11) is 4.10. The lowest BCUT2D eigenvalue weighted by atomic mass is 10.1. The van der Waals surface area contributed by atoms with Crippen LogP contribution in [-0.2, 0) is 4.79 Å². The van der Waals surface area contributed by atoms with Gasteiger partial charge in [0.25, 0.3) is 5.91 Å². The van der Waals surface area contributed by atoms with Crippen molar-refractivity contribution >= 4 is 21.8 Å². The number of hydrogen-bond donors (Lipinski definition) is 2. The van der Waals surface area contributed by atoms with Crippen LogP contribution in [0.1, 0.15) is 11.1 Å². The number of carbonyl (C=O) groups is 1. The Bertz CT molecular complexity index is 424. The van der Waals surface area contributed by atoms with Crippen molar-refractivity contribution < 1.29 is 14.4 Å². The SMILES string of the molecule is Cc1cc(OCC(=O)NCC[NH+](C)C)cc(C)c1Br. The molecule has 0 aliphatic carbocycles. The fourth-order valence-corrected chi connectivity index (χ4v) is 1.87. The van der Waals surface area contributed by atoms with Crippen molar-refractivity contribution in [3.8, 4) is 5.75 Å². The molecule has 106 valence electrons. The van der Waals surface area contributed by atoms with Gasteiger partial charge in [0.2, 0.25) is 0 Å². The van der Waals surface area contributed by atoms with Gasteiger partial charge in [0, 0.05) is 4.47 Å². The Hall–Kier alpha value is -1.07. The minimum atomic E-state index is -0.0838. The van der Waals surface area contributed by atoms with Crippen LogP contribution < -0.4 is 15.0 Å². The Morgan fingerprint density at radius 3 is 2.42 bits per heavy atom. The quantitative estimate of drug-likeness (QED) is 0.807. The summed E-state index contributed by atoms with van der Waals surface area (Å²) in [5.41, 5.74) is 2.21. The molecule has 1 rings (SSSR count). The second kappa shape index (κ2) is 7.50. The van der Waals surface area contributed by atoms with Crippen molar-refractivity contribution in [2.45, 2.75) is 13.8 Å². The maximum atomic E-state index is 11.6. The maximum absolute atomic E-state index is 11.6. The van der Waals surface area contributed by atoms with E-state index in [-0.39, 0.29) is 12.5 Å². The van der Waals surface area contributed by atoms with E-state index >= 15 is 0 Å². The van der Waals surface area contributed by atoms with Crippen molar-refractivity contribution in [2.75, 3.05) is 33.8 Å². The number of likely N-dealkylation sites (N-methyl/N-ethyl adjacent to an activating group) is 1. The molecule has 4 nitrogen and oxygen atoms in total. The summed E-state index contributed by atoms with van der Waals surface area (Å²) in [6.45, 7) is 5.64. The van der Waals surface area contributed by atoms with Crippen LogP contribution in [0.4, 0.5) is 0 Å². The summed E-state index contributed by atoms with van der Waals surface area (Å²) >= 11 is 3.50. The largest absolute Gasteiger partial charge is 0.484 e. The smallest absolute Gasteiger partial charge is 0.258 e.